The Labute approximate surface area is 128 Å². The topological polar surface area (TPSA) is 63.2 Å². The molecule has 3 heterocycles. The number of carbonyl (C=O) groups excluding carboxylic acids is 1. The molecule has 0 radical (unpaired) electrons. The summed E-state index contributed by atoms with van der Waals surface area (Å²) < 4.78 is 5.79. The van der Waals surface area contributed by atoms with E-state index in [1.807, 2.05) is 12.3 Å². The zero-order valence-corrected chi connectivity index (χ0v) is 13.0. The van der Waals surface area contributed by atoms with Crippen LogP contribution in [-0.2, 0) is 4.74 Å². The van der Waals surface area contributed by atoms with Gasteiger partial charge < -0.3 is 15.4 Å². The summed E-state index contributed by atoms with van der Waals surface area (Å²) in [6.45, 7) is 2.00. The summed E-state index contributed by atoms with van der Waals surface area (Å²) in [5.41, 5.74) is 1.03. The molecule has 4 atom stereocenters. The Kier molecular flexibility index (Phi) is 3.38. The van der Waals surface area contributed by atoms with Gasteiger partial charge in [0.15, 0.2) is 0 Å². The summed E-state index contributed by atoms with van der Waals surface area (Å²) in [4.78, 5) is 16.8. The average Bonchev–Trinajstić information content (AvgIpc) is 2.87. The van der Waals surface area contributed by atoms with Crippen LogP contribution in [-0.4, -0.2) is 29.3 Å². The van der Waals surface area contributed by atoms with Crippen molar-refractivity contribution in [2.45, 2.75) is 63.3 Å². The van der Waals surface area contributed by atoms with Crippen LogP contribution >= 0.6 is 11.3 Å². The second kappa shape index (κ2) is 5.25. The van der Waals surface area contributed by atoms with E-state index < -0.39 is 0 Å². The van der Waals surface area contributed by atoms with Crippen LogP contribution in [0.2, 0.25) is 0 Å². The predicted molar refractivity (Wildman–Crippen MR) is 80.3 cm³/mol. The molecule has 114 valence electrons. The first-order valence-corrected chi connectivity index (χ1v) is 8.71. The van der Waals surface area contributed by atoms with Crippen LogP contribution in [0.1, 0.15) is 48.8 Å². The van der Waals surface area contributed by atoms with Gasteiger partial charge in [0, 0.05) is 11.1 Å². The van der Waals surface area contributed by atoms with E-state index in [1.54, 1.807) is 11.3 Å². The average molecular weight is 307 g/mol. The number of ether oxygens (including phenoxy) is 1. The molecular formula is C15H21N3O2S. The van der Waals surface area contributed by atoms with E-state index in [1.165, 1.54) is 12.8 Å². The van der Waals surface area contributed by atoms with Crippen molar-refractivity contribution < 1.29 is 9.53 Å². The Hall–Kier alpha value is -1.14. The lowest BCUT2D eigenvalue weighted by molar-refractivity contribution is 0.0980. The third-order valence-electron chi connectivity index (χ3n) is 4.71. The fourth-order valence-corrected chi connectivity index (χ4v) is 4.41. The normalized spacial score (nSPS) is 32.1. The minimum Gasteiger partial charge on any atom is -0.373 e. The molecule has 6 heteroatoms. The third kappa shape index (κ3) is 2.79. The van der Waals surface area contributed by atoms with Gasteiger partial charge in [0.05, 0.1) is 24.3 Å². The van der Waals surface area contributed by atoms with Crippen molar-refractivity contribution in [1.82, 2.24) is 15.6 Å². The van der Waals surface area contributed by atoms with E-state index >= 15 is 0 Å². The van der Waals surface area contributed by atoms with Gasteiger partial charge in [-0.1, -0.05) is 0 Å². The molecule has 3 fully saturated rings. The van der Waals surface area contributed by atoms with Crippen LogP contribution in [0.5, 0.6) is 0 Å². The van der Waals surface area contributed by atoms with Crippen molar-refractivity contribution >= 4 is 17.4 Å². The van der Waals surface area contributed by atoms with Gasteiger partial charge in [-0.3, -0.25) is 0 Å². The van der Waals surface area contributed by atoms with Crippen LogP contribution in [0, 0.1) is 12.8 Å². The van der Waals surface area contributed by atoms with Crippen LogP contribution in [0.15, 0.2) is 5.38 Å². The summed E-state index contributed by atoms with van der Waals surface area (Å²) in [5.74, 6) is 0.553. The molecule has 5 nitrogen and oxygen atoms in total. The molecule has 1 saturated carbocycles. The molecule has 4 rings (SSSR count). The van der Waals surface area contributed by atoms with Crippen molar-refractivity contribution in [2.75, 3.05) is 0 Å². The number of nitrogens with one attached hydrogen (secondary N) is 2. The van der Waals surface area contributed by atoms with Crippen molar-refractivity contribution in [2.24, 2.45) is 5.92 Å². The Morgan fingerprint density at radius 1 is 1.43 bits per heavy atom. The molecular weight excluding hydrogens is 286 g/mol. The fourth-order valence-electron chi connectivity index (χ4n) is 3.47. The lowest BCUT2D eigenvalue weighted by Gasteiger charge is -2.22. The minimum absolute atomic E-state index is 0.0686. The molecule has 1 aromatic rings. The Bertz CT molecular complexity index is 543. The molecule has 21 heavy (non-hydrogen) atoms. The maximum atomic E-state index is 12.3. The molecule has 2 N–H and O–H groups in total. The van der Waals surface area contributed by atoms with E-state index in [-0.39, 0.29) is 24.2 Å². The first-order chi connectivity index (χ1) is 10.2. The minimum atomic E-state index is -0.0686. The summed E-state index contributed by atoms with van der Waals surface area (Å²) in [5, 5.41) is 9.33. The number of carbonyl (C=O) groups is 1. The van der Waals surface area contributed by atoms with E-state index in [2.05, 4.69) is 15.6 Å². The molecule has 1 aliphatic carbocycles. The number of hydrogen-bond acceptors (Lipinski definition) is 4. The SMILES string of the molecule is Cc1csc([C@H](NC(=O)N[C@H]2C[C@H]3CC[C@H]2O3)C2CC2)n1. The van der Waals surface area contributed by atoms with E-state index in [0.717, 1.165) is 30.0 Å². The lowest BCUT2D eigenvalue weighted by atomic mass is 9.96. The number of thiazole rings is 1. The third-order valence-corrected chi connectivity index (χ3v) is 5.75. The zero-order chi connectivity index (χ0) is 14.4. The van der Waals surface area contributed by atoms with Gasteiger partial charge in [-0.15, -0.1) is 11.3 Å². The Morgan fingerprint density at radius 3 is 2.86 bits per heavy atom. The van der Waals surface area contributed by atoms with Crippen LogP contribution in [0.3, 0.4) is 0 Å². The molecule has 3 aliphatic rings. The molecule has 2 saturated heterocycles. The molecule has 1 aromatic heterocycles. The van der Waals surface area contributed by atoms with Gasteiger partial charge in [-0.2, -0.15) is 0 Å². The smallest absolute Gasteiger partial charge is 0.315 e. The maximum Gasteiger partial charge on any atom is 0.315 e. The van der Waals surface area contributed by atoms with Gasteiger partial charge in [0.25, 0.3) is 0 Å². The summed E-state index contributed by atoms with van der Waals surface area (Å²) in [6, 6.07) is 0.186. The first-order valence-electron chi connectivity index (χ1n) is 7.83. The van der Waals surface area contributed by atoms with Crippen molar-refractivity contribution in [3.63, 3.8) is 0 Å². The molecule has 2 amide bonds. The number of aryl methyl sites for hydroxylation is 1. The van der Waals surface area contributed by atoms with Gasteiger partial charge >= 0.3 is 6.03 Å². The number of nitrogens with zero attached hydrogens (tertiary/aromatic N) is 1. The number of rotatable bonds is 4. The van der Waals surface area contributed by atoms with E-state index in [9.17, 15) is 4.79 Å². The summed E-state index contributed by atoms with van der Waals surface area (Å²) >= 11 is 1.64. The van der Waals surface area contributed by atoms with Crippen molar-refractivity contribution in [3.05, 3.63) is 16.1 Å². The molecule has 2 aliphatic heterocycles. The van der Waals surface area contributed by atoms with Crippen molar-refractivity contribution in [3.8, 4) is 0 Å². The standard InChI is InChI=1S/C15H21N3O2S/c1-8-7-21-14(16-8)13(9-2-3-9)18-15(19)17-11-6-10-4-5-12(11)20-10/h7,9-13H,2-6H2,1H3,(H2,17,18,19)/t10-,11+,12-,13-/m1/s1. The van der Waals surface area contributed by atoms with E-state index in [0.29, 0.717) is 12.0 Å². The van der Waals surface area contributed by atoms with Crippen molar-refractivity contribution in [1.29, 1.82) is 0 Å². The quantitative estimate of drug-likeness (QED) is 0.898. The van der Waals surface area contributed by atoms with E-state index in [4.69, 9.17) is 4.74 Å². The maximum absolute atomic E-state index is 12.3. The number of urea groups is 1. The molecule has 0 spiro atoms. The number of hydrogen-bond donors (Lipinski definition) is 2. The van der Waals surface area contributed by atoms with Gasteiger partial charge in [0.2, 0.25) is 0 Å². The highest BCUT2D eigenvalue weighted by atomic mass is 32.1. The van der Waals surface area contributed by atoms with Crippen LogP contribution in [0.4, 0.5) is 4.79 Å². The number of aromatic nitrogens is 1. The number of fused-ring (bicyclic) bond motifs is 2. The molecule has 0 aromatic carbocycles. The summed E-state index contributed by atoms with van der Waals surface area (Å²) in [6.07, 6.45) is 6.13. The monoisotopic (exact) mass is 307 g/mol. The highest BCUT2D eigenvalue weighted by Crippen LogP contribution is 2.42. The highest BCUT2D eigenvalue weighted by Gasteiger charge is 2.42. The van der Waals surface area contributed by atoms with Gasteiger partial charge in [-0.25, -0.2) is 9.78 Å². The highest BCUT2D eigenvalue weighted by molar-refractivity contribution is 7.09. The summed E-state index contributed by atoms with van der Waals surface area (Å²) in [7, 11) is 0. The van der Waals surface area contributed by atoms with Crippen LogP contribution in [0.25, 0.3) is 0 Å². The van der Waals surface area contributed by atoms with Crippen LogP contribution < -0.4 is 10.6 Å². The van der Waals surface area contributed by atoms with Gasteiger partial charge in [0.1, 0.15) is 5.01 Å². The Morgan fingerprint density at radius 2 is 2.29 bits per heavy atom. The zero-order valence-electron chi connectivity index (χ0n) is 12.2. The van der Waals surface area contributed by atoms with Gasteiger partial charge in [-0.05, 0) is 44.9 Å². The fraction of sp³-hybridized carbons (Fsp3) is 0.733. The number of amides is 2. The molecule has 0 unspecified atom stereocenters. The second-order valence-corrected chi connectivity index (χ2v) is 7.37. The second-order valence-electron chi connectivity index (χ2n) is 6.48. The predicted octanol–water partition coefficient (Wildman–Crippen LogP) is 2.52. The molecule has 2 bridgehead atoms. The lowest BCUT2D eigenvalue weighted by Crippen LogP contribution is -2.47. The Balaban J connectivity index is 1.38. The largest absolute Gasteiger partial charge is 0.373 e. The first kappa shape index (κ1) is 13.5.